The average molecular weight is 472 g/mol. The van der Waals surface area contributed by atoms with Crippen LogP contribution in [0, 0.1) is 5.41 Å². The van der Waals surface area contributed by atoms with Gasteiger partial charge in [0.15, 0.2) is 6.61 Å². The second-order valence-corrected chi connectivity index (χ2v) is 8.41. The van der Waals surface area contributed by atoms with E-state index in [-0.39, 0.29) is 30.8 Å². The van der Waals surface area contributed by atoms with E-state index in [0.29, 0.717) is 34.0 Å². The molecule has 9 heteroatoms. The minimum atomic E-state index is -0.283. The molecule has 8 nitrogen and oxygen atoms in total. The van der Waals surface area contributed by atoms with E-state index in [0.717, 1.165) is 19.6 Å². The van der Waals surface area contributed by atoms with Crippen LogP contribution >= 0.6 is 11.6 Å². The number of carbonyl (C=O) groups excluding carboxylic acids is 2. The number of nitrogen functional groups attached to an aromatic ring is 1. The summed E-state index contributed by atoms with van der Waals surface area (Å²) in [5.41, 5.74) is 7.18. The van der Waals surface area contributed by atoms with Crippen LogP contribution in [0.15, 0.2) is 42.5 Å². The molecule has 5 N–H and O–H groups in total. The summed E-state index contributed by atoms with van der Waals surface area (Å²) in [6, 6.07) is 11.7. The fourth-order valence-corrected chi connectivity index (χ4v) is 3.83. The molecule has 0 atom stereocenters. The minimum absolute atomic E-state index is 0.111. The van der Waals surface area contributed by atoms with Crippen LogP contribution in [0.4, 0.5) is 0 Å². The molecule has 2 aromatic rings. The number of amidine groups is 1. The average Bonchev–Trinajstić information content (AvgIpc) is 2.82. The molecule has 2 amide bonds. The van der Waals surface area contributed by atoms with Crippen molar-refractivity contribution in [1.29, 1.82) is 5.41 Å². The van der Waals surface area contributed by atoms with Crippen LogP contribution in [0.2, 0.25) is 5.02 Å². The summed E-state index contributed by atoms with van der Waals surface area (Å²) in [7, 11) is 0. The summed E-state index contributed by atoms with van der Waals surface area (Å²) in [5, 5.41) is 13.8. The van der Waals surface area contributed by atoms with Crippen molar-refractivity contribution in [2.75, 3.05) is 32.8 Å². The number of nitrogens with two attached hydrogens (primary N) is 1. The Balaban J connectivity index is 1.56. The lowest BCUT2D eigenvalue weighted by Gasteiger charge is -2.26. The summed E-state index contributed by atoms with van der Waals surface area (Å²) >= 11 is 5.96. The van der Waals surface area contributed by atoms with Crippen molar-refractivity contribution in [2.24, 2.45) is 5.73 Å². The lowest BCUT2D eigenvalue weighted by Crippen LogP contribution is -2.39. The largest absolute Gasteiger partial charge is 0.483 e. The van der Waals surface area contributed by atoms with E-state index in [1.807, 2.05) is 0 Å². The number of benzene rings is 2. The van der Waals surface area contributed by atoms with Gasteiger partial charge in [0.05, 0.1) is 0 Å². The summed E-state index contributed by atoms with van der Waals surface area (Å²) in [5.74, 6) is -0.232. The predicted octanol–water partition coefficient (Wildman–Crippen LogP) is 2.53. The Morgan fingerprint density at radius 3 is 2.58 bits per heavy atom. The van der Waals surface area contributed by atoms with Gasteiger partial charge in [-0.3, -0.25) is 15.0 Å². The Kier molecular flexibility index (Phi) is 9.09. The number of likely N-dealkylation sites (tertiary alicyclic amines) is 1. The van der Waals surface area contributed by atoms with E-state index < -0.39 is 0 Å². The zero-order chi connectivity index (χ0) is 23.6. The van der Waals surface area contributed by atoms with Crippen LogP contribution in [0.25, 0.3) is 0 Å². The van der Waals surface area contributed by atoms with Gasteiger partial charge in [-0.15, -0.1) is 0 Å². The SMILES string of the molecule is N=C(N)c1ccc(CNC(=O)c2cccc(Cl)c2)c(OCC(=O)NCCN2CCCCC2)c1. The molecule has 0 aliphatic carbocycles. The highest BCUT2D eigenvalue weighted by molar-refractivity contribution is 6.30. The van der Waals surface area contributed by atoms with Gasteiger partial charge in [0, 0.05) is 41.3 Å². The smallest absolute Gasteiger partial charge is 0.257 e. The molecule has 3 rings (SSSR count). The monoisotopic (exact) mass is 471 g/mol. The molecule has 0 bridgehead atoms. The highest BCUT2D eigenvalue weighted by Gasteiger charge is 2.13. The van der Waals surface area contributed by atoms with Crippen molar-refractivity contribution in [3.05, 3.63) is 64.2 Å². The van der Waals surface area contributed by atoms with Gasteiger partial charge in [-0.2, -0.15) is 0 Å². The topological polar surface area (TPSA) is 121 Å². The molecule has 176 valence electrons. The molecule has 0 radical (unpaired) electrons. The van der Waals surface area contributed by atoms with Gasteiger partial charge in [0.2, 0.25) is 0 Å². The summed E-state index contributed by atoms with van der Waals surface area (Å²) < 4.78 is 5.74. The Morgan fingerprint density at radius 1 is 1.06 bits per heavy atom. The first-order valence-electron chi connectivity index (χ1n) is 11.1. The lowest BCUT2D eigenvalue weighted by atomic mass is 10.1. The second kappa shape index (κ2) is 12.2. The maximum atomic E-state index is 12.4. The van der Waals surface area contributed by atoms with E-state index in [2.05, 4.69) is 15.5 Å². The summed E-state index contributed by atoms with van der Waals surface area (Å²) in [4.78, 5) is 27.1. The van der Waals surface area contributed by atoms with Crippen molar-refractivity contribution < 1.29 is 14.3 Å². The molecule has 33 heavy (non-hydrogen) atoms. The maximum absolute atomic E-state index is 12.4. The highest BCUT2D eigenvalue weighted by atomic mass is 35.5. The number of carbonyl (C=O) groups is 2. The van der Waals surface area contributed by atoms with E-state index in [4.69, 9.17) is 27.5 Å². The van der Waals surface area contributed by atoms with E-state index >= 15 is 0 Å². The van der Waals surface area contributed by atoms with Crippen LogP contribution in [0.3, 0.4) is 0 Å². The molecule has 0 aromatic heterocycles. The number of hydrogen-bond acceptors (Lipinski definition) is 5. The number of amides is 2. The van der Waals surface area contributed by atoms with Crippen LogP contribution in [0.1, 0.15) is 40.7 Å². The summed E-state index contributed by atoms with van der Waals surface area (Å²) in [6.45, 7) is 3.56. The molecule has 1 fully saturated rings. The molecule has 2 aromatic carbocycles. The van der Waals surface area contributed by atoms with Crippen LogP contribution in [0.5, 0.6) is 5.75 Å². The second-order valence-electron chi connectivity index (χ2n) is 7.97. The number of ether oxygens (including phenoxy) is 1. The van der Waals surface area contributed by atoms with E-state index in [1.54, 1.807) is 42.5 Å². The van der Waals surface area contributed by atoms with Crippen LogP contribution in [-0.4, -0.2) is 55.3 Å². The maximum Gasteiger partial charge on any atom is 0.257 e. The molecular weight excluding hydrogens is 442 g/mol. The normalized spacial score (nSPS) is 13.8. The third-order valence-electron chi connectivity index (χ3n) is 5.46. The van der Waals surface area contributed by atoms with E-state index in [9.17, 15) is 9.59 Å². The van der Waals surface area contributed by atoms with Gasteiger partial charge >= 0.3 is 0 Å². The van der Waals surface area contributed by atoms with Gasteiger partial charge in [-0.05, 0) is 50.2 Å². The van der Waals surface area contributed by atoms with Crippen molar-refractivity contribution in [3.8, 4) is 5.75 Å². The first-order chi connectivity index (χ1) is 15.9. The molecule has 1 heterocycles. The fraction of sp³-hybridized carbons (Fsp3) is 0.375. The minimum Gasteiger partial charge on any atom is -0.483 e. The summed E-state index contributed by atoms with van der Waals surface area (Å²) in [6.07, 6.45) is 3.69. The third-order valence-corrected chi connectivity index (χ3v) is 5.70. The van der Waals surface area contributed by atoms with Gasteiger partial charge in [0.25, 0.3) is 11.8 Å². The van der Waals surface area contributed by atoms with Crippen LogP contribution < -0.4 is 21.1 Å². The van der Waals surface area contributed by atoms with Crippen molar-refractivity contribution in [3.63, 3.8) is 0 Å². The molecule has 0 saturated carbocycles. The van der Waals surface area contributed by atoms with Gasteiger partial charge in [-0.25, -0.2) is 0 Å². The fourth-order valence-electron chi connectivity index (χ4n) is 3.64. The number of halogens is 1. The van der Waals surface area contributed by atoms with Gasteiger partial charge < -0.3 is 26.0 Å². The lowest BCUT2D eigenvalue weighted by molar-refractivity contribution is -0.123. The molecule has 1 aliphatic rings. The standard InChI is InChI=1S/C24H30ClN5O3/c25-20-6-4-5-18(13-20)24(32)29-15-19-8-7-17(23(26)27)14-21(19)33-16-22(31)28-9-12-30-10-2-1-3-11-30/h4-8,13-14H,1-3,9-12,15-16H2,(H3,26,27)(H,28,31)(H,29,32). The van der Waals surface area contributed by atoms with Crippen molar-refractivity contribution >= 4 is 29.3 Å². The number of rotatable bonds is 10. The van der Waals surface area contributed by atoms with Crippen LogP contribution in [-0.2, 0) is 11.3 Å². The first kappa shape index (κ1) is 24.5. The first-order valence-corrected chi connectivity index (χ1v) is 11.4. The number of nitrogens with zero attached hydrogens (tertiary/aromatic N) is 1. The van der Waals surface area contributed by atoms with Crippen molar-refractivity contribution in [1.82, 2.24) is 15.5 Å². The third kappa shape index (κ3) is 7.76. The Bertz CT molecular complexity index is 992. The molecular formula is C24H30ClN5O3. The molecule has 0 spiro atoms. The molecule has 1 aliphatic heterocycles. The van der Waals surface area contributed by atoms with Gasteiger partial charge in [-0.1, -0.05) is 36.2 Å². The zero-order valence-electron chi connectivity index (χ0n) is 18.5. The number of nitrogens with one attached hydrogen (secondary N) is 3. The number of hydrogen-bond donors (Lipinski definition) is 4. The highest BCUT2D eigenvalue weighted by Crippen LogP contribution is 2.21. The molecule has 0 unspecified atom stereocenters. The molecule has 1 saturated heterocycles. The Morgan fingerprint density at radius 2 is 1.85 bits per heavy atom. The van der Waals surface area contributed by atoms with Crippen molar-refractivity contribution in [2.45, 2.75) is 25.8 Å². The van der Waals surface area contributed by atoms with E-state index in [1.165, 1.54) is 19.3 Å². The Hall–Kier alpha value is -3.10. The predicted molar refractivity (Wildman–Crippen MR) is 129 cm³/mol. The zero-order valence-corrected chi connectivity index (χ0v) is 19.3. The quantitative estimate of drug-likeness (QED) is 0.313. The number of piperidine rings is 1. The van der Waals surface area contributed by atoms with Gasteiger partial charge in [0.1, 0.15) is 11.6 Å². The Labute approximate surface area is 198 Å².